The van der Waals surface area contributed by atoms with Crippen molar-refractivity contribution in [2.45, 2.75) is 26.6 Å². The number of hydrogen-bond acceptors (Lipinski definition) is 3. The van der Waals surface area contributed by atoms with Gasteiger partial charge < -0.3 is 14.6 Å². The van der Waals surface area contributed by atoms with E-state index in [2.05, 4.69) is 0 Å². The summed E-state index contributed by atoms with van der Waals surface area (Å²) in [5.74, 6) is -1.79. The molecule has 0 saturated heterocycles. The van der Waals surface area contributed by atoms with Gasteiger partial charge in [-0.25, -0.2) is 4.79 Å². The van der Waals surface area contributed by atoms with Gasteiger partial charge in [0.2, 0.25) is 0 Å². The van der Waals surface area contributed by atoms with Crippen molar-refractivity contribution in [2.24, 2.45) is 0 Å². The quantitative estimate of drug-likeness (QED) is 0.609. The van der Waals surface area contributed by atoms with Crippen LogP contribution in [-0.4, -0.2) is 30.1 Å². The van der Waals surface area contributed by atoms with Gasteiger partial charge in [0.1, 0.15) is 6.61 Å². The lowest BCUT2D eigenvalue weighted by Gasteiger charge is -2.23. The van der Waals surface area contributed by atoms with Crippen LogP contribution >= 0.6 is 0 Å². The SMILES string of the molecule is CCOC(C)(C)OCC(=O)O. The zero-order chi connectivity index (χ0) is 8.91. The van der Waals surface area contributed by atoms with Crippen LogP contribution in [0.4, 0.5) is 0 Å². The highest BCUT2D eigenvalue weighted by molar-refractivity contribution is 5.68. The van der Waals surface area contributed by atoms with E-state index in [1.807, 2.05) is 6.92 Å². The second-order valence-corrected chi connectivity index (χ2v) is 2.52. The van der Waals surface area contributed by atoms with Gasteiger partial charge in [0.25, 0.3) is 0 Å². The first-order valence-electron chi connectivity index (χ1n) is 3.47. The Hall–Kier alpha value is -0.610. The molecule has 0 bridgehead atoms. The fourth-order valence-electron chi connectivity index (χ4n) is 0.625. The molecule has 66 valence electrons. The number of ether oxygens (including phenoxy) is 2. The monoisotopic (exact) mass is 162 g/mol. The van der Waals surface area contributed by atoms with Gasteiger partial charge in [0.05, 0.1) is 0 Å². The predicted molar refractivity (Wildman–Crippen MR) is 39.3 cm³/mol. The van der Waals surface area contributed by atoms with Gasteiger partial charge in [-0.05, 0) is 20.8 Å². The maximum atomic E-state index is 10.1. The van der Waals surface area contributed by atoms with Crippen LogP contribution in [0.15, 0.2) is 0 Å². The highest BCUT2D eigenvalue weighted by Crippen LogP contribution is 2.09. The summed E-state index contributed by atoms with van der Waals surface area (Å²) in [7, 11) is 0. The number of carboxylic acid groups (broad SMARTS) is 1. The molecule has 11 heavy (non-hydrogen) atoms. The molecule has 0 amide bonds. The van der Waals surface area contributed by atoms with Gasteiger partial charge in [-0.15, -0.1) is 0 Å². The van der Waals surface area contributed by atoms with E-state index < -0.39 is 11.8 Å². The highest BCUT2D eigenvalue weighted by atomic mass is 16.7. The zero-order valence-electron chi connectivity index (χ0n) is 7.09. The molecule has 0 aliphatic carbocycles. The molecule has 0 radical (unpaired) electrons. The standard InChI is InChI=1S/C7H14O4/c1-4-10-7(2,3)11-5-6(8)9/h4-5H2,1-3H3,(H,8,9). The molecule has 4 nitrogen and oxygen atoms in total. The summed E-state index contributed by atoms with van der Waals surface area (Å²) in [6, 6.07) is 0. The van der Waals surface area contributed by atoms with E-state index in [1.165, 1.54) is 0 Å². The minimum atomic E-state index is -0.988. The van der Waals surface area contributed by atoms with Gasteiger partial charge in [0.15, 0.2) is 5.79 Å². The van der Waals surface area contributed by atoms with E-state index in [-0.39, 0.29) is 6.61 Å². The first kappa shape index (κ1) is 10.4. The van der Waals surface area contributed by atoms with Crippen molar-refractivity contribution >= 4 is 5.97 Å². The van der Waals surface area contributed by atoms with Gasteiger partial charge in [-0.1, -0.05) is 0 Å². The lowest BCUT2D eigenvalue weighted by molar-refractivity contribution is -0.215. The second kappa shape index (κ2) is 4.31. The Balaban J connectivity index is 3.63. The first-order valence-corrected chi connectivity index (χ1v) is 3.47. The molecule has 0 spiro atoms. The summed E-state index contributed by atoms with van der Waals surface area (Å²) in [4.78, 5) is 10.1. The van der Waals surface area contributed by atoms with Gasteiger partial charge in [0, 0.05) is 6.61 Å². The van der Waals surface area contributed by atoms with Gasteiger partial charge in [-0.2, -0.15) is 0 Å². The molecule has 1 N–H and O–H groups in total. The normalized spacial score (nSPS) is 11.5. The minimum Gasteiger partial charge on any atom is -0.480 e. The van der Waals surface area contributed by atoms with Crippen molar-refractivity contribution in [1.82, 2.24) is 0 Å². The minimum absolute atomic E-state index is 0.326. The molecule has 0 aromatic heterocycles. The number of hydrogen-bond donors (Lipinski definition) is 1. The third kappa shape index (κ3) is 5.82. The molecule has 0 aromatic rings. The van der Waals surface area contributed by atoms with Crippen LogP contribution in [0, 0.1) is 0 Å². The van der Waals surface area contributed by atoms with Crippen LogP contribution in [0.5, 0.6) is 0 Å². The number of carbonyl (C=O) groups is 1. The molecule has 0 aliphatic rings. The Morgan fingerprint density at radius 2 is 2.00 bits per heavy atom. The fraction of sp³-hybridized carbons (Fsp3) is 0.857. The molecule has 0 aliphatic heterocycles. The molecular formula is C7H14O4. The van der Waals surface area contributed by atoms with Crippen molar-refractivity contribution in [3.8, 4) is 0 Å². The predicted octanol–water partition coefficient (Wildman–Crippen LogP) is 0.860. The van der Waals surface area contributed by atoms with E-state index in [9.17, 15) is 4.79 Å². The van der Waals surface area contributed by atoms with Crippen molar-refractivity contribution in [1.29, 1.82) is 0 Å². The van der Waals surface area contributed by atoms with Crippen LogP contribution in [0.2, 0.25) is 0 Å². The lowest BCUT2D eigenvalue weighted by Crippen LogP contribution is -2.30. The number of carboxylic acids is 1. The summed E-state index contributed by atoms with van der Waals surface area (Å²) in [6.45, 7) is 5.37. The summed E-state index contributed by atoms with van der Waals surface area (Å²) >= 11 is 0. The first-order chi connectivity index (χ1) is 4.98. The van der Waals surface area contributed by atoms with Crippen LogP contribution in [-0.2, 0) is 14.3 Å². The molecule has 0 atom stereocenters. The molecule has 0 fully saturated rings. The van der Waals surface area contributed by atoms with Crippen LogP contribution in [0.25, 0.3) is 0 Å². The maximum Gasteiger partial charge on any atom is 0.329 e. The maximum absolute atomic E-state index is 10.1. The van der Waals surface area contributed by atoms with E-state index >= 15 is 0 Å². The van der Waals surface area contributed by atoms with Gasteiger partial charge in [-0.3, -0.25) is 0 Å². The van der Waals surface area contributed by atoms with E-state index in [0.29, 0.717) is 6.61 Å². The Morgan fingerprint density at radius 1 is 1.45 bits per heavy atom. The molecule has 4 heteroatoms. The number of rotatable bonds is 5. The zero-order valence-corrected chi connectivity index (χ0v) is 7.09. The van der Waals surface area contributed by atoms with E-state index in [1.54, 1.807) is 13.8 Å². The smallest absolute Gasteiger partial charge is 0.329 e. The summed E-state index contributed by atoms with van der Waals surface area (Å²) < 4.78 is 10.0. The molecule has 0 aromatic carbocycles. The lowest BCUT2D eigenvalue weighted by atomic mass is 10.4. The summed E-state index contributed by atoms with van der Waals surface area (Å²) in [5.41, 5.74) is 0. The Morgan fingerprint density at radius 3 is 2.36 bits per heavy atom. The van der Waals surface area contributed by atoms with E-state index in [4.69, 9.17) is 14.6 Å². The Labute approximate surface area is 66.1 Å². The van der Waals surface area contributed by atoms with Crippen molar-refractivity contribution in [2.75, 3.05) is 13.2 Å². The molecule has 0 unspecified atom stereocenters. The van der Waals surface area contributed by atoms with Crippen LogP contribution < -0.4 is 0 Å². The Bertz CT molecular complexity index is 130. The Kier molecular flexibility index (Phi) is 4.07. The summed E-state index contributed by atoms with van der Waals surface area (Å²) in [6.07, 6.45) is 0. The molecule has 0 heterocycles. The average molecular weight is 162 g/mol. The highest BCUT2D eigenvalue weighted by Gasteiger charge is 2.18. The topological polar surface area (TPSA) is 55.8 Å². The third-order valence-corrected chi connectivity index (χ3v) is 1.04. The number of aliphatic carboxylic acids is 1. The van der Waals surface area contributed by atoms with Crippen molar-refractivity contribution in [3.63, 3.8) is 0 Å². The second-order valence-electron chi connectivity index (χ2n) is 2.52. The molecule has 0 saturated carbocycles. The third-order valence-electron chi connectivity index (χ3n) is 1.04. The fourth-order valence-corrected chi connectivity index (χ4v) is 0.625. The largest absolute Gasteiger partial charge is 0.480 e. The summed E-state index contributed by atoms with van der Waals surface area (Å²) in [5, 5.41) is 8.26. The van der Waals surface area contributed by atoms with Crippen LogP contribution in [0.3, 0.4) is 0 Å². The van der Waals surface area contributed by atoms with Crippen LogP contribution in [0.1, 0.15) is 20.8 Å². The van der Waals surface area contributed by atoms with Crippen molar-refractivity contribution < 1.29 is 19.4 Å². The van der Waals surface area contributed by atoms with Gasteiger partial charge >= 0.3 is 5.97 Å². The van der Waals surface area contributed by atoms with E-state index in [0.717, 1.165) is 0 Å². The average Bonchev–Trinajstić information content (AvgIpc) is 1.84. The molecule has 0 rings (SSSR count). The molecular weight excluding hydrogens is 148 g/mol. The van der Waals surface area contributed by atoms with Crippen molar-refractivity contribution in [3.05, 3.63) is 0 Å².